The lowest BCUT2D eigenvalue weighted by atomic mass is 9.93. The summed E-state index contributed by atoms with van der Waals surface area (Å²) in [6.45, 7) is 5.81. The van der Waals surface area contributed by atoms with Gasteiger partial charge in [0, 0.05) is 17.1 Å². The second-order valence-corrected chi connectivity index (χ2v) is 9.34. The van der Waals surface area contributed by atoms with Crippen molar-refractivity contribution in [3.8, 4) is 5.75 Å². The van der Waals surface area contributed by atoms with Crippen LogP contribution in [-0.4, -0.2) is 28.7 Å². The van der Waals surface area contributed by atoms with Crippen LogP contribution < -0.4 is 20.7 Å². The number of allylic oxidation sites excluding steroid dienone is 1. The quantitative estimate of drug-likeness (QED) is 0.312. The maximum absolute atomic E-state index is 13.7. The molecular formula is C30H29N5O3. The van der Waals surface area contributed by atoms with Crippen molar-refractivity contribution < 1.29 is 14.3 Å². The normalized spacial score (nSPS) is 14.4. The highest BCUT2D eigenvalue weighted by Gasteiger charge is 2.35. The first-order valence-electron chi connectivity index (χ1n) is 12.3. The van der Waals surface area contributed by atoms with E-state index in [9.17, 15) is 9.59 Å². The number of anilines is 3. The Kier molecular flexibility index (Phi) is 6.70. The topological polar surface area (TPSA) is 97.3 Å². The van der Waals surface area contributed by atoms with Crippen molar-refractivity contribution in [2.75, 3.05) is 23.1 Å². The number of nitrogens with zero attached hydrogens (tertiary/aromatic N) is 2. The predicted molar refractivity (Wildman–Crippen MR) is 149 cm³/mol. The lowest BCUT2D eigenvalue weighted by molar-refractivity contribution is -0.113. The Labute approximate surface area is 221 Å². The van der Waals surface area contributed by atoms with Crippen LogP contribution in [0.1, 0.15) is 40.0 Å². The summed E-state index contributed by atoms with van der Waals surface area (Å²) < 4.78 is 6.93. The molecule has 0 aliphatic carbocycles. The second-order valence-electron chi connectivity index (χ2n) is 9.34. The monoisotopic (exact) mass is 507 g/mol. The Morgan fingerprint density at radius 2 is 1.55 bits per heavy atom. The molecule has 2 amide bonds. The number of carbonyl (C=O) groups excluding carboxylic acids is 2. The number of fused-ring (bicyclic) bond motifs is 1. The van der Waals surface area contributed by atoms with Crippen LogP contribution in [0.2, 0.25) is 0 Å². The highest BCUT2D eigenvalue weighted by molar-refractivity contribution is 6.09. The van der Waals surface area contributed by atoms with E-state index in [1.165, 1.54) is 6.20 Å². The second kappa shape index (κ2) is 10.3. The van der Waals surface area contributed by atoms with Gasteiger partial charge in [-0.2, -0.15) is 5.10 Å². The number of carbonyl (C=O) groups is 2. The first-order valence-corrected chi connectivity index (χ1v) is 12.3. The minimum absolute atomic E-state index is 0.265. The average molecular weight is 508 g/mol. The summed E-state index contributed by atoms with van der Waals surface area (Å²) in [6, 6.07) is 22.2. The van der Waals surface area contributed by atoms with Gasteiger partial charge in [-0.1, -0.05) is 42.0 Å². The zero-order valence-corrected chi connectivity index (χ0v) is 21.7. The standard InChI is InChI=1S/C30H29N5O3/c1-18-7-5-9-21(15-18)27-26(30(37)33-22-11-13-24(38-4)14-12-22)20(3)32-28-25(17-31-35(27)28)29(36)34-23-10-6-8-19(2)16-23/h5-17,27,32H,1-4H3,(H,33,37)(H,34,36). The Bertz CT molecular complexity index is 1550. The van der Waals surface area contributed by atoms with Gasteiger partial charge < -0.3 is 20.7 Å². The minimum Gasteiger partial charge on any atom is -0.497 e. The van der Waals surface area contributed by atoms with Gasteiger partial charge in [0.05, 0.1) is 18.9 Å². The van der Waals surface area contributed by atoms with Gasteiger partial charge >= 0.3 is 0 Å². The molecule has 1 aliphatic heterocycles. The van der Waals surface area contributed by atoms with Gasteiger partial charge in [0.25, 0.3) is 11.8 Å². The molecule has 3 aromatic carbocycles. The summed E-state index contributed by atoms with van der Waals surface area (Å²) in [4.78, 5) is 26.9. The third kappa shape index (κ3) is 4.88. The highest BCUT2D eigenvalue weighted by atomic mass is 16.5. The molecule has 1 unspecified atom stereocenters. The van der Waals surface area contributed by atoms with Crippen LogP contribution in [0.25, 0.3) is 0 Å². The predicted octanol–water partition coefficient (Wildman–Crippen LogP) is 5.69. The van der Waals surface area contributed by atoms with Gasteiger partial charge in [0.2, 0.25) is 0 Å². The molecule has 38 heavy (non-hydrogen) atoms. The van der Waals surface area contributed by atoms with Crippen LogP contribution in [0.15, 0.2) is 90.3 Å². The van der Waals surface area contributed by atoms with E-state index in [0.717, 1.165) is 16.7 Å². The molecule has 2 heterocycles. The van der Waals surface area contributed by atoms with E-state index >= 15 is 0 Å². The smallest absolute Gasteiger partial charge is 0.261 e. The van der Waals surface area contributed by atoms with E-state index < -0.39 is 6.04 Å². The Balaban J connectivity index is 1.52. The van der Waals surface area contributed by atoms with Gasteiger partial charge in [-0.05, 0) is 68.3 Å². The summed E-state index contributed by atoms with van der Waals surface area (Å²) in [7, 11) is 1.60. The van der Waals surface area contributed by atoms with Crippen LogP contribution in [0.5, 0.6) is 5.75 Å². The molecule has 0 fully saturated rings. The SMILES string of the molecule is COc1ccc(NC(=O)C2=C(C)Nc3c(C(=O)Nc4cccc(C)c4)cnn3C2c2cccc(C)c2)cc1. The molecule has 8 nitrogen and oxygen atoms in total. The Hall–Kier alpha value is -4.85. The van der Waals surface area contributed by atoms with Crippen molar-refractivity contribution in [2.24, 2.45) is 0 Å². The van der Waals surface area contributed by atoms with E-state index in [1.807, 2.05) is 69.3 Å². The van der Waals surface area contributed by atoms with Crippen molar-refractivity contribution in [1.29, 1.82) is 0 Å². The van der Waals surface area contributed by atoms with Crippen molar-refractivity contribution in [3.63, 3.8) is 0 Å². The molecule has 0 bridgehead atoms. The van der Waals surface area contributed by atoms with E-state index in [0.29, 0.717) is 39.8 Å². The number of aryl methyl sites for hydroxylation is 2. The van der Waals surface area contributed by atoms with Gasteiger partial charge in [0.1, 0.15) is 23.2 Å². The molecular weight excluding hydrogens is 478 g/mol. The number of ether oxygens (including phenoxy) is 1. The molecule has 4 aromatic rings. The summed E-state index contributed by atoms with van der Waals surface area (Å²) in [5, 5.41) is 13.8. The minimum atomic E-state index is -0.537. The van der Waals surface area contributed by atoms with Gasteiger partial charge in [-0.15, -0.1) is 0 Å². The molecule has 0 saturated carbocycles. The van der Waals surface area contributed by atoms with E-state index in [1.54, 1.807) is 36.1 Å². The summed E-state index contributed by atoms with van der Waals surface area (Å²) in [6.07, 6.45) is 1.54. The lowest BCUT2D eigenvalue weighted by Crippen LogP contribution is -2.32. The third-order valence-electron chi connectivity index (χ3n) is 6.49. The van der Waals surface area contributed by atoms with Crippen LogP contribution >= 0.6 is 0 Å². The van der Waals surface area contributed by atoms with Gasteiger partial charge in [-0.25, -0.2) is 4.68 Å². The number of amides is 2. The van der Waals surface area contributed by atoms with Crippen LogP contribution in [0, 0.1) is 13.8 Å². The summed E-state index contributed by atoms with van der Waals surface area (Å²) in [5.74, 6) is 0.679. The largest absolute Gasteiger partial charge is 0.497 e. The zero-order chi connectivity index (χ0) is 26.8. The third-order valence-corrected chi connectivity index (χ3v) is 6.49. The molecule has 8 heteroatoms. The van der Waals surface area contributed by atoms with Crippen molar-refractivity contribution in [1.82, 2.24) is 9.78 Å². The fourth-order valence-electron chi connectivity index (χ4n) is 4.66. The van der Waals surface area contributed by atoms with Crippen LogP contribution in [-0.2, 0) is 4.79 Å². The Morgan fingerprint density at radius 1 is 0.868 bits per heavy atom. The fourth-order valence-corrected chi connectivity index (χ4v) is 4.66. The molecule has 0 radical (unpaired) electrons. The molecule has 192 valence electrons. The molecule has 1 atom stereocenters. The lowest BCUT2D eigenvalue weighted by Gasteiger charge is -2.30. The first-order chi connectivity index (χ1) is 18.3. The van der Waals surface area contributed by atoms with E-state index in [-0.39, 0.29) is 11.8 Å². The van der Waals surface area contributed by atoms with Crippen LogP contribution in [0.4, 0.5) is 17.2 Å². The number of methoxy groups -OCH3 is 1. The fraction of sp³-hybridized carbons (Fsp3) is 0.167. The number of benzene rings is 3. The molecule has 0 spiro atoms. The number of rotatable bonds is 6. The number of hydrogen-bond donors (Lipinski definition) is 3. The highest BCUT2D eigenvalue weighted by Crippen LogP contribution is 2.38. The molecule has 1 aliphatic rings. The van der Waals surface area contributed by atoms with Crippen molar-refractivity contribution in [3.05, 3.63) is 113 Å². The molecule has 1 aromatic heterocycles. The summed E-state index contributed by atoms with van der Waals surface area (Å²) in [5.41, 5.74) is 5.87. The first kappa shape index (κ1) is 24.8. The van der Waals surface area contributed by atoms with Gasteiger partial charge in [-0.3, -0.25) is 9.59 Å². The average Bonchev–Trinajstić information content (AvgIpc) is 3.31. The van der Waals surface area contributed by atoms with E-state index in [4.69, 9.17) is 4.74 Å². The summed E-state index contributed by atoms with van der Waals surface area (Å²) >= 11 is 0. The van der Waals surface area contributed by atoms with E-state index in [2.05, 4.69) is 21.0 Å². The zero-order valence-electron chi connectivity index (χ0n) is 21.7. The van der Waals surface area contributed by atoms with Gasteiger partial charge in [0.15, 0.2) is 0 Å². The van der Waals surface area contributed by atoms with Crippen LogP contribution in [0.3, 0.4) is 0 Å². The molecule has 0 saturated heterocycles. The number of hydrogen-bond acceptors (Lipinski definition) is 5. The van der Waals surface area contributed by atoms with Crippen molar-refractivity contribution in [2.45, 2.75) is 26.8 Å². The number of nitrogens with one attached hydrogen (secondary N) is 3. The Morgan fingerprint density at radius 3 is 2.24 bits per heavy atom. The van der Waals surface area contributed by atoms with Crippen molar-refractivity contribution >= 4 is 29.0 Å². The molecule has 3 N–H and O–H groups in total. The maximum Gasteiger partial charge on any atom is 0.261 e. The number of aromatic nitrogens is 2. The molecule has 5 rings (SSSR count). The maximum atomic E-state index is 13.7.